The van der Waals surface area contributed by atoms with Gasteiger partial charge in [0.05, 0.1) is 0 Å². The van der Waals surface area contributed by atoms with Gasteiger partial charge >= 0.3 is 0 Å². The van der Waals surface area contributed by atoms with Gasteiger partial charge in [-0.15, -0.1) is 0 Å². The van der Waals surface area contributed by atoms with E-state index in [-0.39, 0.29) is 0 Å². The Kier molecular flexibility index (Phi) is 9.37. The first kappa shape index (κ1) is 22.2. The van der Waals surface area contributed by atoms with E-state index < -0.39 is 54.2 Å². The van der Waals surface area contributed by atoms with Crippen molar-refractivity contribution >= 4 is 54.2 Å². The van der Waals surface area contributed by atoms with Crippen LogP contribution in [-0.4, -0.2) is 54.2 Å². The predicted molar refractivity (Wildman–Crippen MR) is 112 cm³/mol. The van der Waals surface area contributed by atoms with Gasteiger partial charge in [0.15, 0.2) is 44.5 Å². The Morgan fingerprint density at radius 2 is 1.00 bits per heavy atom. The average molecular weight is 398 g/mol. The van der Waals surface area contributed by atoms with Crippen molar-refractivity contribution in [2.24, 2.45) is 0 Å². The van der Waals surface area contributed by atoms with Crippen molar-refractivity contribution in [3.05, 3.63) is 5.16 Å². The van der Waals surface area contributed by atoms with Gasteiger partial charge in [-0.3, -0.25) is 0 Å². The molecule has 0 fully saturated rings. The van der Waals surface area contributed by atoms with E-state index in [9.17, 15) is 0 Å². The maximum atomic E-state index is 6.30. The van der Waals surface area contributed by atoms with Crippen LogP contribution in [0.4, 0.5) is 0 Å². The van der Waals surface area contributed by atoms with Crippen LogP contribution in [0.5, 0.6) is 0 Å². The van der Waals surface area contributed by atoms with E-state index in [4.69, 9.17) is 12.3 Å². The van der Waals surface area contributed by atoms with Crippen LogP contribution in [0.2, 0.25) is 64.5 Å². The van der Waals surface area contributed by atoms with Crippen LogP contribution >= 0.6 is 0 Å². The summed E-state index contributed by atoms with van der Waals surface area (Å²) in [5.41, 5.74) is 0.655. The highest BCUT2D eigenvalue weighted by Gasteiger charge is 2.28. The molecule has 1 atom stereocenters. The van der Waals surface area contributed by atoms with Crippen LogP contribution < -0.4 is 0 Å². The molecule has 0 amide bonds. The quantitative estimate of drug-likeness (QED) is 0.528. The second kappa shape index (κ2) is 8.87. The van der Waals surface area contributed by atoms with Crippen LogP contribution in [0.3, 0.4) is 0 Å². The van der Waals surface area contributed by atoms with E-state index in [0.29, 0.717) is 5.54 Å². The van der Waals surface area contributed by atoms with Crippen LogP contribution in [-0.2, 0) is 12.3 Å². The average Bonchev–Trinajstić information content (AvgIpc) is 2.22. The lowest BCUT2D eigenvalue weighted by atomic mass is 10.5. The van der Waals surface area contributed by atoms with Crippen LogP contribution in [0.25, 0.3) is 0 Å². The smallest absolute Gasteiger partial charge is 0.169 e. The largest absolute Gasteiger partial charge is 0.460 e. The van der Waals surface area contributed by atoms with Crippen molar-refractivity contribution in [3.8, 4) is 0 Å². The van der Waals surface area contributed by atoms with Gasteiger partial charge in [-0.2, -0.15) is 0 Å². The van der Waals surface area contributed by atoms with Crippen LogP contribution in [0.15, 0.2) is 0 Å². The standard InChI is InChI=1S/C12H37O3Si6/c1-11(16-13-19(2,3)4)12(17-14-20(5,6)7)18-15-21(8,9)10/h11H,16-18H2,1-10H3. The monoisotopic (exact) mass is 397 g/mol. The highest BCUT2D eigenvalue weighted by atomic mass is 28.4. The zero-order valence-electron chi connectivity index (χ0n) is 15.9. The lowest BCUT2D eigenvalue weighted by Crippen LogP contribution is -2.39. The van der Waals surface area contributed by atoms with Gasteiger partial charge in [0.1, 0.15) is 9.76 Å². The molecule has 0 rings (SSSR count). The molecule has 0 aromatic carbocycles. The van der Waals surface area contributed by atoms with E-state index in [0.717, 1.165) is 0 Å². The van der Waals surface area contributed by atoms with Gasteiger partial charge in [-0.05, 0) is 64.5 Å². The highest BCUT2D eigenvalue weighted by molar-refractivity contribution is 6.81. The summed E-state index contributed by atoms with van der Waals surface area (Å²) in [6, 6.07) is 0. The Hall–Kier alpha value is 1.18. The number of rotatable bonds is 10. The van der Waals surface area contributed by atoms with Gasteiger partial charge in [0, 0.05) is 5.16 Å². The zero-order chi connectivity index (χ0) is 16.9. The first-order chi connectivity index (χ1) is 9.20. The van der Waals surface area contributed by atoms with Gasteiger partial charge in [-0.25, -0.2) is 0 Å². The summed E-state index contributed by atoms with van der Waals surface area (Å²) < 4.78 is 18.8. The Balaban J connectivity index is 4.54. The molecule has 127 valence electrons. The van der Waals surface area contributed by atoms with E-state index in [1.807, 2.05) is 0 Å². The molecule has 0 aromatic rings. The molecule has 0 aliphatic heterocycles. The van der Waals surface area contributed by atoms with Crippen LogP contribution in [0, 0.1) is 5.16 Å². The molecule has 0 saturated carbocycles. The molecule has 0 aromatic heterocycles. The molecule has 3 nitrogen and oxygen atoms in total. The lowest BCUT2D eigenvalue weighted by molar-refractivity contribution is 0.563. The topological polar surface area (TPSA) is 27.7 Å². The third-order valence-electron chi connectivity index (χ3n) is 2.84. The second-order valence-corrected chi connectivity index (χ2v) is 29.9. The fraction of sp³-hybridized carbons (Fsp3) is 0.917. The van der Waals surface area contributed by atoms with Crippen molar-refractivity contribution in [1.29, 1.82) is 0 Å². The van der Waals surface area contributed by atoms with Crippen LogP contribution in [0.1, 0.15) is 6.92 Å². The van der Waals surface area contributed by atoms with E-state index in [1.54, 1.807) is 5.16 Å². The molecule has 0 heterocycles. The van der Waals surface area contributed by atoms with Gasteiger partial charge in [0.2, 0.25) is 0 Å². The Labute approximate surface area is 143 Å². The molecule has 21 heavy (non-hydrogen) atoms. The molecular weight excluding hydrogens is 361 g/mol. The molecule has 0 aliphatic carbocycles. The Morgan fingerprint density at radius 1 is 0.667 bits per heavy atom. The molecule has 1 unspecified atom stereocenters. The first-order valence-corrected chi connectivity index (χ1v) is 22.1. The van der Waals surface area contributed by atoms with E-state index in [1.165, 1.54) is 0 Å². The summed E-state index contributed by atoms with van der Waals surface area (Å²) in [4.78, 5) is 0. The number of hydrogen-bond acceptors (Lipinski definition) is 3. The minimum Gasteiger partial charge on any atom is -0.460 e. The minimum absolute atomic E-state index is 0.479. The van der Waals surface area contributed by atoms with Crippen molar-refractivity contribution in [2.75, 3.05) is 0 Å². The van der Waals surface area contributed by atoms with Gasteiger partial charge in [-0.1, -0.05) is 6.92 Å². The molecule has 0 aliphatic rings. The SMILES string of the molecule is CC([SiH2]O[Si](C)(C)C)[C]([SiH2]O[Si](C)(C)C)[SiH2]O[Si](C)(C)C. The van der Waals surface area contributed by atoms with Crippen molar-refractivity contribution < 1.29 is 12.3 Å². The van der Waals surface area contributed by atoms with E-state index >= 15 is 0 Å². The highest BCUT2D eigenvalue weighted by Crippen LogP contribution is 2.22. The molecule has 0 bridgehead atoms. The summed E-state index contributed by atoms with van der Waals surface area (Å²) >= 11 is 0. The van der Waals surface area contributed by atoms with Crippen molar-refractivity contribution in [3.63, 3.8) is 0 Å². The lowest BCUT2D eigenvalue weighted by Gasteiger charge is -2.30. The minimum atomic E-state index is -1.40. The predicted octanol–water partition coefficient (Wildman–Crippen LogP) is 2.09. The molecule has 0 N–H and O–H groups in total. The summed E-state index contributed by atoms with van der Waals surface area (Å²) in [5, 5.41) is 1.68. The van der Waals surface area contributed by atoms with Crippen molar-refractivity contribution in [1.82, 2.24) is 0 Å². The molecule has 9 heteroatoms. The molecular formula is C12H37O3Si6. The third kappa shape index (κ3) is 14.5. The number of hydrogen-bond donors (Lipinski definition) is 0. The maximum Gasteiger partial charge on any atom is 0.169 e. The van der Waals surface area contributed by atoms with E-state index in [2.05, 4.69) is 65.8 Å². The second-order valence-electron chi connectivity index (χ2n) is 8.78. The maximum absolute atomic E-state index is 6.30. The summed E-state index contributed by atoms with van der Waals surface area (Å²) in [6.45, 7) is 23.0. The zero-order valence-corrected chi connectivity index (χ0v) is 23.2. The third-order valence-corrected chi connectivity index (χ3v) is 20.7. The summed E-state index contributed by atoms with van der Waals surface area (Å²) in [6.07, 6.45) is 0. The van der Waals surface area contributed by atoms with Gasteiger partial charge < -0.3 is 12.3 Å². The fourth-order valence-electron chi connectivity index (χ4n) is 1.44. The summed E-state index contributed by atoms with van der Waals surface area (Å²) in [7, 11) is -5.75. The molecule has 0 spiro atoms. The fourth-order valence-corrected chi connectivity index (χ4v) is 13.8. The Bertz CT molecular complexity index is 277. The Morgan fingerprint density at radius 3 is 1.29 bits per heavy atom. The first-order valence-electron chi connectivity index (χ1n) is 7.96. The molecule has 0 saturated heterocycles. The normalized spacial score (nSPS) is 17.3. The molecule has 1 radical (unpaired) electrons. The summed E-state index contributed by atoms with van der Waals surface area (Å²) in [5.74, 6) is 0. The van der Waals surface area contributed by atoms with Gasteiger partial charge in [0.25, 0.3) is 0 Å². The van der Waals surface area contributed by atoms with Crippen molar-refractivity contribution in [2.45, 2.75) is 71.4 Å².